The second kappa shape index (κ2) is 7.59. The van der Waals surface area contributed by atoms with Gasteiger partial charge in [-0.1, -0.05) is 20.8 Å². The lowest BCUT2D eigenvalue weighted by Gasteiger charge is -2.45. The van der Waals surface area contributed by atoms with Crippen molar-refractivity contribution in [3.63, 3.8) is 0 Å². The van der Waals surface area contributed by atoms with Gasteiger partial charge in [-0.15, -0.1) is 0 Å². The zero-order valence-electron chi connectivity index (χ0n) is 17.5. The molecule has 2 aliphatic heterocycles. The van der Waals surface area contributed by atoms with Crippen LogP contribution in [0.15, 0.2) is 0 Å². The van der Waals surface area contributed by atoms with Crippen molar-refractivity contribution in [2.45, 2.75) is 121 Å². The Labute approximate surface area is 155 Å². The molecule has 148 valence electrons. The van der Waals surface area contributed by atoms with E-state index in [0.29, 0.717) is 0 Å². The van der Waals surface area contributed by atoms with E-state index in [1.165, 1.54) is 0 Å². The molecule has 25 heavy (non-hydrogen) atoms. The average molecular weight is 373 g/mol. The van der Waals surface area contributed by atoms with Crippen molar-refractivity contribution in [3.05, 3.63) is 0 Å². The SMILES string of the molecule is CC[Si](CC)(CC)O[C@@]1(C)CCCC(C)(C)O[C@@H]1CC1(C)OC1CO. The van der Waals surface area contributed by atoms with Gasteiger partial charge in [0.1, 0.15) is 6.10 Å². The first-order valence-electron chi connectivity index (χ1n) is 10.2. The van der Waals surface area contributed by atoms with Gasteiger partial charge in [-0.25, -0.2) is 0 Å². The number of hydrogen-bond acceptors (Lipinski definition) is 4. The zero-order chi connectivity index (χ0) is 18.9. The van der Waals surface area contributed by atoms with Gasteiger partial charge in [0.15, 0.2) is 8.32 Å². The lowest BCUT2D eigenvalue weighted by atomic mass is 9.86. The first-order chi connectivity index (χ1) is 11.6. The molecule has 0 aromatic carbocycles. The third kappa shape index (κ3) is 4.67. The third-order valence-electron chi connectivity index (χ3n) is 6.77. The summed E-state index contributed by atoms with van der Waals surface area (Å²) in [4.78, 5) is 0. The Balaban J connectivity index is 2.27. The highest BCUT2D eigenvalue weighted by molar-refractivity contribution is 6.73. The predicted octanol–water partition coefficient (Wildman–Crippen LogP) is 4.65. The fraction of sp³-hybridized carbons (Fsp3) is 1.00. The van der Waals surface area contributed by atoms with Gasteiger partial charge < -0.3 is 19.0 Å². The van der Waals surface area contributed by atoms with Gasteiger partial charge in [-0.05, 0) is 65.1 Å². The van der Waals surface area contributed by atoms with E-state index in [-0.39, 0.29) is 35.6 Å². The summed E-state index contributed by atoms with van der Waals surface area (Å²) in [5.41, 5.74) is -0.684. The summed E-state index contributed by atoms with van der Waals surface area (Å²) < 4.78 is 19.5. The third-order valence-corrected chi connectivity index (χ3v) is 11.5. The molecule has 0 bridgehead atoms. The minimum Gasteiger partial charge on any atom is -0.409 e. The largest absolute Gasteiger partial charge is 0.409 e. The highest BCUT2D eigenvalue weighted by Crippen LogP contribution is 2.47. The first kappa shape index (κ1) is 21.4. The van der Waals surface area contributed by atoms with Gasteiger partial charge in [0.05, 0.1) is 29.5 Å². The second-order valence-corrected chi connectivity index (χ2v) is 13.9. The summed E-state index contributed by atoms with van der Waals surface area (Å²) in [6.07, 6.45) is 3.96. The number of epoxide rings is 1. The number of ether oxygens (including phenoxy) is 2. The van der Waals surface area contributed by atoms with Crippen molar-refractivity contribution in [1.82, 2.24) is 0 Å². The molecule has 4 nitrogen and oxygen atoms in total. The van der Waals surface area contributed by atoms with Gasteiger partial charge in [-0.2, -0.15) is 0 Å². The minimum absolute atomic E-state index is 0.00285. The van der Waals surface area contributed by atoms with E-state index in [9.17, 15) is 5.11 Å². The molecule has 2 saturated heterocycles. The summed E-state index contributed by atoms with van der Waals surface area (Å²) in [7, 11) is -1.74. The highest BCUT2D eigenvalue weighted by Gasteiger charge is 2.57. The van der Waals surface area contributed by atoms with Gasteiger partial charge in [0.25, 0.3) is 0 Å². The minimum atomic E-state index is -1.74. The van der Waals surface area contributed by atoms with Crippen LogP contribution >= 0.6 is 0 Å². The lowest BCUT2D eigenvalue weighted by Crippen LogP contribution is -2.54. The van der Waals surface area contributed by atoms with Crippen LogP contribution < -0.4 is 0 Å². The Bertz CT molecular complexity index is 443. The summed E-state index contributed by atoms with van der Waals surface area (Å²) in [6, 6.07) is 3.45. The Hall–Kier alpha value is 0.0569. The number of hydrogen-bond donors (Lipinski definition) is 1. The molecule has 2 fully saturated rings. The van der Waals surface area contributed by atoms with E-state index in [2.05, 4.69) is 48.5 Å². The van der Waals surface area contributed by atoms with Crippen LogP contribution in [0, 0.1) is 0 Å². The maximum atomic E-state index is 9.47. The molecule has 0 amide bonds. The Kier molecular flexibility index (Phi) is 6.48. The van der Waals surface area contributed by atoms with Crippen molar-refractivity contribution >= 4 is 8.32 Å². The Morgan fingerprint density at radius 3 is 2.04 bits per heavy atom. The quantitative estimate of drug-likeness (QED) is 0.497. The first-order valence-corrected chi connectivity index (χ1v) is 12.8. The molecule has 2 rings (SSSR count). The summed E-state index contributed by atoms with van der Waals surface area (Å²) in [6.45, 7) is 15.7. The standard InChI is InChI=1S/C20H40O4Si/c1-8-25(9-2,10-3)24-19(6)13-11-12-18(4,5)22-16(19)14-20(7)17(15-21)23-20/h16-17,21H,8-15H2,1-7H3/t16-,17?,19+,20?/m1/s1. The zero-order valence-corrected chi connectivity index (χ0v) is 18.5. The average Bonchev–Trinajstić information content (AvgIpc) is 3.23. The molecule has 0 spiro atoms. The van der Waals surface area contributed by atoms with Crippen LogP contribution in [-0.4, -0.2) is 49.0 Å². The van der Waals surface area contributed by atoms with Crippen LogP contribution in [0.4, 0.5) is 0 Å². The molecule has 0 aromatic rings. The van der Waals surface area contributed by atoms with E-state index in [1.807, 2.05) is 0 Å². The Morgan fingerprint density at radius 1 is 0.960 bits per heavy atom. The van der Waals surface area contributed by atoms with Crippen molar-refractivity contribution in [1.29, 1.82) is 0 Å². The molecular weight excluding hydrogens is 332 g/mol. The maximum Gasteiger partial charge on any atom is 0.192 e. The lowest BCUT2D eigenvalue weighted by molar-refractivity contribution is -0.146. The summed E-state index contributed by atoms with van der Waals surface area (Å²) in [5.74, 6) is 0. The molecule has 2 unspecified atom stereocenters. The molecule has 0 saturated carbocycles. The van der Waals surface area contributed by atoms with Crippen LogP contribution in [0.3, 0.4) is 0 Å². The number of aliphatic hydroxyl groups is 1. The van der Waals surface area contributed by atoms with Crippen molar-refractivity contribution in [2.75, 3.05) is 6.61 Å². The van der Waals surface area contributed by atoms with Crippen LogP contribution in [0.2, 0.25) is 18.1 Å². The van der Waals surface area contributed by atoms with Gasteiger partial charge in [0, 0.05) is 6.42 Å². The van der Waals surface area contributed by atoms with E-state index >= 15 is 0 Å². The molecule has 2 heterocycles. The monoisotopic (exact) mass is 372 g/mol. The van der Waals surface area contributed by atoms with E-state index in [4.69, 9.17) is 13.9 Å². The molecule has 4 atom stereocenters. The molecule has 0 aromatic heterocycles. The van der Waals surface area contributed by atoms with E-state index in [1.54, 1.807) is 0 Å². The van der Waals surface area contributed by atoms with Gasteiger partial charge in [-0.3, -0.25) is 0 Å². The second-order valence-electron chi connectivity index (χ2n) is 9.18. The summed E-state index contributed by atoms with van der Waals surface area (Å²) >= 11 is 0. The van der Waals surface area contributed by atoms with Gasteiger partial charge >= 0.3 is 0 Å². The van der Waals surface area contributed by atoms with Crippen LogP contribution in [0.25, 0.3) is 0 Å². The van der Waals surface area contributed by atoms with Crippen molar-refractivity contribution < 1.29 is 19.0 Å². The number of aliphatic hydroxyl groups excluding tert-OH is 1. The molecule has 0 aliphatic carbocycles. The normalized spacial score (nSPS) is 38.4. The van der Waals surface area contributed by atoms with Crippen LogP contribution in [0.1, 0.15) is 74.1 Å². The molecule has 2 aliphatic rings. The smallest absolute Gasteiger partial charge is 0.192 e. The van der Waals surface area contributed by atoms with E-state index in [0.717, 1.165) is 43.8 Å². The maximum absolute atomic E-state index is 9.47. The highest BCUT2D eigenvalue weighted by atomic mass is 28.4. The van der Waals surface area contributed by atoms with E-state index < -0.39 is 8.32 Å². The Morgan fingerprint density at radius 2 is 1.56 bits per heavy atom. The topological polar surface area (TPSA) is 51.2 Å². The van der Waals surface area contributed by atoms with Crippen LogP contribution in [0.5, 0.6) is 0 Å². The fourth-order valence-corrected chi connectivity index (χ4v) is 7.65. The molecule has 0 radical (unpaired) electrons. The van der Waals surface area contributed by atoms with Crippen molar-refractivity contribution in [2.24, 2.45) is 0 Å². The fourth-order valence-electron chi connectivity index (χ4n) is 4.50. The predicted molar refractivity (Wildman–Crippen MR) is 104 cm³/mol. The van der Waals surface area contributed by atoms with Crippen LogP contribution in [-0.2, 0) is 13.9 Å². The summed E-state index contributed by atoms with van der Waals surface area (Å²) in [5, 5.41) is 9.47. The van der Waals surface area contributed by atoms with Gasteiger partial charge in [0.2, 0.25) is 0 Å². The van der Waals surface area contributed by atoms with Crippen molar-refractivity contribution in [3.8, 4) is 0 Å². The number of rotatable bonds is 8. The molecule has 1 N–H and O–H groups in total. The molecule has 5 heteroatoms. The molecular formula is C20H40O4Si.